The second-order valence-electron chi connectivity index (χ2n) is 4.89. The van der Waals surface area contributed by atoms with Crippen LogP contribution in [0, 0.1) is 0 Å². The molecule has 0 saturated carbocycles. The third-order valence-electron chi connectivity index (χ3n) is 3.51. The Hall–Kier alpha value is -2.46. The van der Waals surface area contributed by atoms with Crippen molar-refractivity contribution in [2.24, 2.45) is 0 Å². The van der Waals surface area contributed by atoms with Crippen LogP contribution in [0.15, 0.2) is 58.0 Å². The molecule has 0 N–H and O–H groups in total. The van der Waals surface area contributed by atoms with Gasteiger partial charge in [-0.25, -0.2) is 4.98 Å². The standard InChI is InChI=1S/C17H11NO2S/c19-16-12(8-11-4-1-2-5-14(11)16)9-13-10-21-17(18-13)15-6-3-7-20-15/h1-7,9-10H,8H2/b12-9+. The highest BCUT2D eigenvalue weighted by Gasteiger charge is 2.24. The summed E-state index contributed by atoms with van der Waals surface area (Å²) in [6.45, 7) is 0. The summed E-state index contributed by atoms with van der Waals surface area (Å²) in [6.07, 6.45) is 4.19. The summed E-state index contributed by atoms with van der Waals surface area (Å²) in [4.78, 5) is 16.8. The maximum atomic E-state index is 12.3. The molecule has 1 aliphatic rings. The SMILES string of the molecule is O=C1/C(=C/c2csc(-c3ccco3)n2)Cc2ccccc21. The van der Waals surface area contributed by atoms with Gasteiger partial charge in [-0.2, -0.15) is 0 Å². The smallest absolute Gasteiger partial charge is 0.189 e. The largest absolute Gasteiger partial charge is 0.462 e. The van der Waals surface area contributed by atoms with Crippen molar-refractivity contribution in [2.75, 3.05) is 0 Å². The Morgan fingerprint density at radius 2 is 2.10 bits per heavy atom. The van der Waals surface area contributed by atoms with Crippen molar-refractivity contribution in [1.82, 2.24) is 4.98 Å². The molecule has 0 radical (unpaired) electrons. The van der Waals surface area contributed by atoms with E-state index in [1.54, 1.807) is 6.26 Å². The topological polar surface area (TPSA) is 43.1 Å². The Balaban J connectivity index is 1.66. The fourth-order valence-electron chi connectivity index (χ4n) is 2.52. The van der Waals surface area contributed by atoms with Crippen LogP contribution in [0.4, 0.5) is 0 Å². The van der Waals surface area contributed by atoms with Gasteiger partial charge in [-0.3, -0.25) is 4.79 Å². The molecule has 0 aliphatic heterocycles. The number of carbonyl (C=O) groups excluding carboxylic acids is 1. The molecular formula is C17H11NO2S. The van der Waals surface area contributed by atoms with Gasteiger partial charge in [0.1, 0.15) is 0 Å². The molecule has 102 valence electrons. The van der Waals surface area contributed by atoms with E-state index >= 15 is 0 Å². The van der Waals surface area contributed by atoms with E-state index in [-0.39, 0.29) is 5.78 Å². The van der Waals surface area contributed by atoms with Gasteiger partial charge in [-0.15, -0.1) is 11.3 Å². The first-order valence-corrected chi connectivity index (χ1v) is 7.52. The Labute approximate surface area is 125 Å². The second-order valence-corrected chi connectivity index (χ2v) is 5.75. The summed E-state index contributed by atoms with van der Waals surface area (Å²) < 4.78 is 5.33. The van der Waals surface area contributed by atoms with E-state index in [2.05, 4.69) is 4.98 Å². The number of fused-ring (bicyclic) bond motifs is 1. The molecule has 2 aromatic heterocycles. The van der Waals surface area contributed by atoms with Gasteiger partial charge >= 0.3 is 0 Å². The fraction of sp³-hybridized carbons (Fsp3) is 0.0588. The number of nitrogens with zero attached hydrogens (tertiary/aromatic N) is 1. The van der Waals surface area contributed by atoms with Gasteiger partial charge in [0.2, 0.25) is 0 Å². The van der Waals surface area contributed by atoms with Gasteiger partial charge in [0, 0.05) is 22.9 Å². The molecule has 0 atom stereocenters. The quantitative estimate of drug-likeness (QED) is 0.664. The molecule has 0 spiro atoms. The number of hydrogen-bond donors (Lipinski definition) is 0. The number of thiazole rings is 1. The van der Waals surface area contributed by atoms with Crippen molar-refractivity contribution in [1.29, 1.82) is 0 Å². The maximum Gasteiger partial charge on any atom is 0.189 e. The number of hydrogen-bond acceptors (Lipinski definition) is 4. The molecule has 1 aliphatic carbocycles. The van der Waals surface area contributed by atoms with E-state index in [0.29, 0.717) is 6.42 Å². The van der Waals surface area contributed by atoms with Gasteiger partial charge in [-0.1, -0.05) is 24.3 Å². The zero-order valence-corrected chi connectivity index (χ0v) is 11.9. The number of benzene rings is 1. The van der Waals surface area contributed by atoms with Crippen LogP contribution in [0.25, 0.3) is 16.8 Å². The highest BCUT2D eigenvalue weighted by molar-refractivity contribution is 7.13. The van der Waals surface area contributed by atoms with Crippen molar-refractivity contribution in [3.8, 4) is 10.8 Å². The van der Waals surface area contributed by atoms with Gasteiger partial charge < -0.3 is 4.42 Å². The van der Waals surface area contributed by atoms with Gasteiger partial charge in [0.05, 0.1) is 12.0 Å². The lowest BCUT2D eigenvalue weighted by Gasteiger charge is -1.92. The number of allylic oxidation sites excluding steroid dienone is 1. The van der Waals surface area contributed by atoms with Crippen LogP contribution in [-0.4, -0.2) is 10.8 Å². The third-order valence-corrected chi connectivity index (χ3v) is 4.39. The van der Waals surface area contributed by atoms with E-state index in [0.717, 1.165) is 33.2 Å². The Kier molecular flexibility index (Phi) is 2.82. The van der Waals surface area contributed by atoms with E-state index < -0.39 is 0 Å². The van der Waals surface area contributed by atoms with Crippen LogP contribution in [0.1, 0.15) is 21.6 Å². The fourth-order valence-corrected chi connectivity index (χ4v) is 3.26. The Bertz CT molecular complexity index is 843. The summed E-state index contributed by atoms with van der Waals surface area (Å²) in [6, 6.07) is 11.5. The summed E-state index contributed by atoms with van der Waals surface area (Å²) in [5.74, 6) is 0.865. The van der Waals surface area contributed by atoms with Gasteiger partial charge in [-0.05, 0) is 23.8 Å². The van der Waals surface area contributed by atoms with Gasteiger partial charge in [0.15, 0.2) is 16.6 Å². The Morgan fingerprint density at radius 3 is 2.90 bits per heavy atom. The van der Waals surface area contributed by atoms with Crippen LogP contribution < -0.4 is 0 Å². The van der Waals surface area contributed by atoms with Crippen molar-refractivity contribution in [3.05, 3.63) is 70.4 Å². The molecule has 0 amide bonds. The molecule has 1 aromatic carbocycles. The number of carbonyl (C=O) groups is 1. The minimum atomic E-state index is 0.109. The van der Waals surface area contributed by atoms with Crippen molar-refractivity contribution < 1.29 is 9.21 Å². The third kappa shape index (κ3) is 2.14. The maximum absolute atomic E-state index is 12.3. The van der Waals surface area contributed by atoms with Crippen molar-refractivity contribution >= 4 is 23.2 Å². The number of ketones is 1. The van der Waals surface area contributed by atoms with Crippen LogP contribution in [0.2, 0.25) is 0 Å². The van der Waals surface area contributed by atoms with Crippen molar-refractivity contribution in [3.63, 3.8) is 0 Å². The van der Waals surface area contributed by atoms with Crippen LogP contribution in [-0.2, 0) is 6.42 Å². The molecule has 2 heterocycles. The zero-order valence-electron chi connectivity index (χ0n) is 11.1. The normalized spacial score (nSPS) is 15.6. The van der Waals surface area contributed by atoms with Crippen LogP contribution in [0.5, 0.6) is 0 Å². The number of Topliss-reactive ketones (excluding diaryl/α,β-unsaturated/α-hetero) is 1. The molecule has 3 aromatic rings. The summed E-state index contributed by atoms with van der Waals surface area (Å²) >= 11 is 1.51. The second kappa shape index (κ2) is 4.82. The van der Waals surface area contributed by atoms with E-state index in [9.17, 15) is 4.79 Å². The lowest BCUT2D eigenvalue weighted by Crippen LogP contribution is -1.94. The predicted molar refractivity (Wildman–Crippen MR) is 82.3 cm³/mol. The van der Waals surface area contributed by atoms with Crippen molar-refractivity contribution in [2.45, 2.75) is 6.42 Å². The molecular weight excluding hydrogens is 282 g/mol. The molecule has 4 rings (SSSR count). The van der Waals surface area contributed by atoms with Gasteiger partial charge in [0.25, 0.3) is 0 Å². The van der Waals surface area contributed by atoms with E-state index in [4.69, 9.17) is 4.42 Å². The lowest BCUT2D eigenvalue weighted by molar-refractivity contribution is 0.104. The first-order chi connectivity index (χ1) is 10.3. The predicted octanol–water partition coefficient (Wildman–Crippen LogP) is 4.23. The minimum absolute atomic E-state index is 0.109. The number of furan rings is 1. The van der Waals surface area contributed by atoms with E-state index in [1.807, 2.05) is 47.9 Å². The molecule has 0 unspecified atom stereocenters. The first-order valence-electron chi connectivity index (χ1n) is 6.64. The molecule has 0 fully saturated rings. The van der Waals surface area contributed by atoms with Crippen LogP contribution in [0.3, 0.4) is 0 Å². The molecule has 4 heteroatoms. The molecule has 0 bridgehead atoms. The summed E-state index contributed by atoms with van der Waals surface area (Å²) in [5.41, 5.74) is 3.51. The summed E-state index contributed by atoms with van der Waals surface area (Å²) in [5, 5.41) is 2.77. The molecule has 21 heavy (non-hydrogen) atoms. The lowest BCUT2D eigenvalue weighted by atomic mass is 10.1. The average Bonchev–Trinajstić information content (AvgIpc) is 3.21. The highest BCUT2D eigenvalue weighted by Crippen LogP contribution is 2.29. The number of aromatic nitrogens is 1. The molecule has 0 saturated heterocycles. The minimum Gasteiger partial charge on any atom is -0.462 e. The first kappa shape index (κ1) is 12.3. The highest BCUT2D eigenvalue weighted by atomic mass is 32.1. The molecule has 3 nitrogen and oxygen atoms in total. The van der Waals surface area contributed by atoms with E-state index in [1.165, 1.54) is 11.3 Å². The zero-order chi connectivity index (χ0) is 14.2. The Morgan fingerprint density at radius 1 is 1.19 bits per heavy atom. The average molecular weight is 293 g/mol. The van der Waals surface area contributed by atoms with Crippen LogP contribution >= 0.6 is 11.3 Å². The summed E-state index contributed by atoms with van der Waals surface area (Å²) in [7, 11) is 0. The number of rotatable bonds is 2. The monoisotopic (exact) mass is 293 g/mol.